The minimum atomic E-state index is -0.203. The van der Waals surface area contributed by atoms with Crippen LogP contribution in [0.2, 0.25) is 0 Å². The number of ether oxygens (including phenoxy) is 1. The Morgan fingerprint density at radius 1 is 1.21 bits per heavy atom. The van der Waals surface area contributed by atoms with Crippen molar-refractivity contribution >= 4 is 11.6 Å². The van der Waals surface area contributed by atoms with Crippen molar-refractivity contribution in [1.29, 1.82) is 0 Å². The number of para-hydroxylation sites is 2. The lowest BCUT2D eigenvalue weighted by molar-refractivity contribution is 0.102. The summed E-state index contributed by atoms with van der Waals surface area (Å²) >= 11 is 0. The van der Waals surface area contributed by atoms with Crippen molar-refractivity contribution in [3.8, 4) is 5.75 Å². The van der Waals surface area contributed by atoms with Crippen molar-refractivity contribution in [2.24, 2.45) is 5.73 Å². The number of pyridine rings is 1. The highest BCUT2D eigenvalue weighted by Crippen LogP contribution is 2.24. The number of aromatic nitrogens is 1. The molecule has 2 aromatic rings. The number of hydrogen-bond acceptors (Lipinski definition) is 4. The second kappa shape index (κ2) is 6.51. The fourth-order valence-corrected chi connectivity index (χ4v) is 1.56. The number of anilines is 1. The molecular weight excluding hydrogens is 242 g/mol. The molecule has 0 fully saturated rings. The smallest absolute Gasteiger partial charge is 0.255 e. The Bertz CT molecular complexity index is 543. The zero-order valence-electron chi connectivity index (χ0n) is 10.4. The average Bonchev–Trinajstić information content (AvgIpc) is 2.47. The highest BCUT2D eigenvalue weighted by Gasteiger charge is 2.09. The lowest BCUT2D eigenvalue weighted by atomic mass is 10.2. The van der Waals surface area contributed by atoms with Gasteiger partial charge in [-0.15, -0.1) is 0 Å². The Morgan fingerprint density at radius 3 is 2.68 bits per heavy atom. The molecule has 1 heterocycles. The maximum absolute atomic E-state index is 12.0. The Labute approximate surface area is 111 Å². The topological polar surface area (TPSA) is 77.2 Å². The molecule has 0 bridgehead atoms. The predicted octanol–water partition coefficient (Wildman–Crippen LogP) is 1.67. The minimum absolute atomic E-state index is 0.203. The maximum Gasteiger partial charge on any atom is 0.255 e. The second-order valence-corrected chi connectivity index (χ2v) is 3.82. The summed E-state index contributed by atoms with van der Waals surface area (Å²) in [5.74, 6) is 0.404. The van der Waals surface area contributed by atoms with E-state index in [1.165, 1.54) is 0 Å². The molecule has 3 N–H and O–H groups in total. The molecule has 0 atom stereocenters. The van der Waals surface area contributed by atoms with Crippen LogP contribution in [0.15, 0.2) is 48.8 Å². The predicted molar refractivity (Wildman–Crippen MR) is 73.2 cm³/mol. The number of nitrogens with two attached hydrogens (primary N) is 1. The normalized spacial score (nSPS) is 9.95. The molecule has 98 valence electrons. The first-order valence-electron chi connectivity index (χ1n) is 5.94. The molecule has 5 nitrogen and oxygen atoms in total. The summed E-state index contributed by atoms with van der Waals surface area (Å²) in [6, 6.07) is 10.5. The van der Waals surface area contributed by atoms with Crippen LogP contribution in [-0.4, -0.2) is 24.0 Å². The molecule has 0 aliphatic heterocycles. The lowest BCUT2D eigenvalue weighted by Crippen LogP contribution is -2.15. The van der Waals surface area contributed by atoms with E-state index in [4.69, 9.17) is 10.5 Å². The van der Waals surface area contributed by atoms with Crippen molar-refractivity contribution in [3.05, 3.63) is 54.4 Å². The van der Waals surface area contributed by atoms with E-state index in [1.54, 1.807) is 36.7 Å². The van der Waals surface area contributed by atoms with E-state index >= 15 is 0 Å². The molecule has 0 unspecified atom stereocenters. The molecule has 0 spiro atoms. The monoisotopic (exact) mass is 257 g/mol. The van der Waals surface area contributed by atoms with Crippen molar-refractivity contribution in [2.45, 2.75) is 0 Å². The van der Waals surface area contributed by atoms with Crippen LogP contribution in [0.5, 0.6) is 5.75 Å². The van der Waals surface area contributed by atoms with Crippen molar-refractivity contribution in [1.82, 2.24) is 4.98 Å². The largest absolute Gasteiger partial charge is 0.490 e. The van der Waals surface area contributed by atoms with E-state index in [2.05, 4.69) is 10.3 Å². The van der Waals surface area contributed by atoms with Crippen LogP contribution in [0, 0.1) is 0 Å². The molecule has 5 heteroatoms. The van der Waals surface area contributed by atoms with Crippen LogP contribution in [0.4, 0.5) is 5.69 Å². The van der Waals surface area contributed by atoms with E-state index in [0.29, 0.717) is 30.2 Å². The third-order valence-electron chi connectivity index (χ3n) is 2.45. The Balaban J connectivity index is 2.12. The third kappa shape index (κ3) is 3.53. The van der Waals surface area contributed by atoms with Crippen LogP contribution in [0.25, 0.3) is 0 Å². The maximum atomic E-state index is 12.0. The number of nitrogens with zero attached hydrogens (tertiary/aromatic N) is 1. The molecule has 1 aromatic heterocycles. The van der Waals surface area contributed by atoms with E-state index in [1.807, 2.05) is 12.1 Å². The van der Waals surface area contributed by atoms with Crippen molar-refractivity contribution in [3.63, 3.8) is 0 Å². The quantitative estimate of drug-likeness (QED) is 0.854. The van der Waals surface area contributed by atoms with Crippen LogP contribution >= 0.6 is 0 Å². The van der Waals surface area contributed by atoms with Crippen LogP contribution in [0.3, 0.4) is 0 Å². The summed E-state index contributed by atoms with van der Waals surface area (Å²) in [5.41, 5.74) is 6.57. The summed E-state index contributed by atoms with van der Waals surface area (Å²) in [6.07, 6.45) is 3.15. The van der Waals surface area contributed by atoms with Gasteiger partial charge in [0.1, 0.15) is 12.4 Å². The van der Waals surface area contributed by atoms with E-state index in [-0.39, 0.29) is 5.91 Å². The van der Waals surface area contributed by atoms with Gasteiger partial charge in [-0.25, -0.2) is 0 Å². The van der Waals surface area contributed by atoms with Crippen LogP contribution in [-0.2, 0) is 0 Å². The molecular formula is C14H15N3O2. The van der Waals surface area contributed by atoms with Gasteiger partial charge in [-0.2, -0.15) is 0 Å². The van der Waals surface area contributed by atoms with E-state index in [0.717, 1.165) is 0 Å². The van der Waals surface area contributed by atoms with Gasteiger partial charge < -0.3 is 15.8 Å². The van der Waals surface area contributed by atoms with Gasteiger partial charge in [-0.05, 0) is 24.3 Å². The number of hydrogen-bond donors (Lipinski definition) is 2. The van der Waals surface area contributed by atoms with Gasteiger partial charge in [0.05, 0.1) is 5.69 Å². The zero-order valence-corrected chi connectivity index (χ0v) is 10.4. The first-order chi connectivity index (χ1) is 9.31. The highest BCUT2D eigenvalue weighted by atomic mass is 16.5. The highest BCUT2D eigenvalue weighted by molar-refractivity contribution is 6.04. The van der Waals surface area contributed by atoms with Gasteiger partial charge in [-0.3, -0.25) is 9.78 Å². The van der Waals surface area contributed by atoms with Crippen LogP contribution < -0.4 is 15.8 Å². The number of carbonyl (C=O) groups is 1. The molecule has 0 saturated carbocycles. The standard InChI is InChI=1S/C14H15N3O2/c15-7-10-19-13-4-2-1-3-12(13)17-14(18)11-5-8-16-9-6-11/h1-6,8-9H,7,10,15H2,(H,17,18). The summed E-state index contributed by atoms with van der Waals surface area (Å²) in [6.45, 7) is 0.828. The Kier molecular flexibility index (Phi) is 4.47. The zero-order chi connectivity index (χ0) is 13.5. The summed E-state index contributed by atoms with van der Waals surface area (Å²) in [7, 11) is 0. The number of amides is 1. The van der Waals surface area contributed by atoms with E-state index in [9.17, 15) is 4.79 Å². The van der Waals surface area contributed by atoms with Gasteiger partial charge in [-0.1, -0.05) is 12.1 Å². The molecule has 1 aromatic carbocycles. The number of carbonyl (C=O) groups excluding carboxylic acids is 1. The fourth-order valence-electron chi connectivity index (χ4n) is 1.56. The summed E-state index contributed by atoms with van der Waals surface area (Å²) in [5, 5.41) is 2.80. The summed E-state index contributed by atoms with van der Waals surface area (Å²) in [4.78, 5) is 15.9. The summed E-state index contributed by atoms with van der Waals surface area (Å²) < 4.78 is 5.47. The molecule has 19 heavy (non-hydrogen) atoms. The minimum Gasteiger partial charge on any atom is -0.490 e. The second-order valence-electron chi connectivity index (χ2n) is 3.82. The first kappa shape index (κ1) is 13.0. The van der Waals surface area contributed by atoms with Gasteiger partial charge >= 0.3 is 0 Å². The number of nitrogens with one attached hydrogen (secondary N) is 1. The number of benzene rings is 1. The Hall–Kier alpha value is -2.40. The molecule has 0 saturated heterocycles. The Morgan fingerprint density at radius 2 is 1.95 bits per heavy atom. The molecule has 0 aliphatic rings. The van der Waals surface area contributed by atoms with Crippen molar-refractivity contribution < 1.29 is 9.53 Å². The first-order valence-corrected chi connectivity index (χ1v) is 5.94. The van der Waals surface area contributed by atoms with Gasteiger partial charge in [0.25, 0.3) is 5.91 Å². The average molecular weight is 257 g/mol. The fraction of sp³-hybridized carbons (Fsp3) is 0.143. The van der Waals surface area contributed by atoms with Gasteiger partial charge in [0.15, 0.2) is 0 Å². The van der Waals surface area contributed by atoms with E-state index < -0.39 is 0 Å². The van der Waals surface area contributed by atoms with Gasteiger partial charge in [0.2, 0.25) is 0 Å². The number of rotatable bonds is 5. The lowest BCUT2D eigenvalue weighted by Gasteiger charge is -2.11. The molecule has 1 amide bonds. The van der Waals surface area contributed by atoms with Crippen molar-refractivity contribution in [2.75, 3.05) is 18.5 Å². The molecule has 2 rings (SSSR count). The SMILES string of the molecule is NCCOc1ccccc1NC(=O)c1ccncc1. The van der Waals surface area contributed by atoms with Crippen LogP contribution in [0.1, 0.15) is 10.4 Å². The van der Waals surface area contributed by atoms with Gasteiger partial charge in [0, 0.05) is 24.5 Å². The molecule has 0 radical (unpaired) electrons. The third-order valence-corrected chi connectivity index (χ3v) is 2.45. The molecule has 0 aliphatic carbocycles.